The van der Waals surface area contributed by atoms with Gasteiger partial charge in [-0.05, 0) is 19.3 Å². The van der Waals surface area contributed by atoms with Crippen LogP contribution in [0.1, 0.15) is 19.3 Å². The number of urea groups is 1. The molecule has 2 aliphatic heterocycles. The van der Waals surface area contributed by atoms with Gasteiger partial charge in [0, 0.05) is 32.7 Å². The molecule has 2 rings (SSSR count). The topological polar surface area (TPSA) is 98.2 Å². The van der Waals surface area contributed by atoms with E-state index < -0.39 is 22.0 Å². The van der Waals surface area contributed by atoms with E-state index in [4.69, 9.17) is 0 Å². The van der Waals surface area contributed by atoms with Crippen LogP contribution in [0.2, 0.25) is 0 Å². The molecule has 0 spiro atoms. The third-order valence-corrected chi connectivity index (χ3v) is 5.31. The zero-order chi connectivity index (χ0) is 15.6. The average molecular weight is 319 g/mol. The number of aliphatic carboxylic acids is 1. The van der Waals surface area contributed by atoms with Crippen molar-refractivity contribution in [1.29, 1.82) is 0 Å². The van der Waals surface area contributed by atoms with Crippen LogP contribution in [-0.2, 0) is 14.8 Å². The molecule has 9 heteroatoms. The molecule has 2 saturated heterocycles. The third-order valence-electron chi connectivity index (χ3n) is 4.01. The Morgan fingerprint density at radius 3 is 2.19 bits per heavy atom. The van der Waals surface area contributed by atoms with E-state index >= 15 is 0 Å². The highest BCUT2D eigenvalue weighted by molar-refractivity contribution is 7.88. The standard InChI is InChI=1S/C12H21N3O5S/c1-21(19,20)14-8-6-13(7-9-14)12(18)15-5-3-2-4-10(15)11(16)17/h10H,2-9H2,1H3,(H,16,17)/t10-/m0/s1. The molecule has 0 bridgehead atoms. The lowest BCUT2D eigenvalue weighted by molar-refractivity contribution is -0.143. The molecular weight excluding hydrogens is 298 g/mol. The third kappa shape index (κ3) is 3.65. The number of carbonyl (C=O) groups excluding carboxylic acids is 1. The van der Waals surface area contributed by atoms with Crippen molar-refractivity contribution < 1.29 is 23.1 Å². The lowest BCUT2D eigenvalue weighted by atomic mass is 10.0. The summed E-state index contributed by atoms with van der Waals surface area (Å²) in [4.78, 5) is 26.6. The highest BCUT2D eigenvalue weighted by Crippen LogP contribution is 2.20. The highest BCUT2D eigenvalue weighted by Gasteiger charge is 2.36. The van der Waals surface area contributed by atoms with Crippen LogP contribution in [-0.4, -0.2) is 84.7 Å². The van der Waals surface area contributed by atoms with E-state index in [-0.39, 0.29) is 19.1 Å². The number of piperidine rings is 1. The fourth-order valence-electron chi connectivity index (χ4n) is 2.81. The number of carbonyl (C=O) groups is 2. The van der Waals surface area contributed by atoms with E-state index in [1.165, 1.54) is 9.21 Å². The largest absolute Gasteiger partial charge is 0.480 e. The Bertz CT molecular complexity index is 513. The number of amides is 2. The first-order valence-corrected chi connectivity index (χ1v) is 8.89. The van der Waals surface area contributed by atoms with Gasteiger partial charge in [0.15, 0.2) is 0 Å². The van der Waals surface area contributed by atoms with Gasteiger partial charge in [0.1, 0.15) is 6.04 Å². The van der Waals surface area contributed by atoms with Crippen LogP contribution in [0.25, 0.3) is 0 Å². The lowest BCUT2D eigenvalue weighted by Gasteiger charge is -2.40. The zero-order valence-corrected chi connectivity index (χ0v) is 12.9. The maximum atomic E-state index is 12.4. The van der Waals surface area contributed by atoms with E-state index in [1.807, 2.05) is 0 Å². The van der Waals surface area contributed by atoms with Crippen molar-refractivity contribution in [2.75, 3.05) is 39.0 Å². The summed E-state index contributed by atoms with van der Waals surface area (Å²) in [5.74, 6) is -0.974. The van der Waals surface area contributed by atoms with Crippen LogP contribution in [0, 0.1) is 0 Å². The molecule has 120 valence electrons. The smallest absolute Gasteiger partial charge is 0.326 e. The van der Waals surface area contributed by atoms with Gasteiger partial charge < -0.3 is 14.9 Å². The number of rotatable bonds is 2. The van der Waals surface area contributed by atoms with Crippen LogP contribution in [0.5, 0.6) is 0 Å². The Morgan fingerprint density at radius 1 is 1.05 bits per heavy atom. The van der Waals surface area contributed by atoms with Crippen LogP contribution in [0.15, 0.2) is 0 Å². The minimum atomic E-state index is -3.24. The first-order valence-electron chi connectivity index (χ1n) is 7.04. The maximum Gasteiger partial charge on any atom is 0.326 e. The number of hydrogen-bond donors (Lipinski definition) is 1. The number of piperazine rings is 1. The molecule has 1 atom stereocenters. The second-order valence-corrected chi connectivity index (χ2v) is 7.46. The van der Waals surface area contributed by atoms with E-state index in [2.05, 4.69) is 0 Å². The maximum absolute atomic E-state index is 12.4. The molecule has 8 nitrogen and oxygen atoms in total. The van der Waals surface area contributed by atoms with Crippen molar-refractivity contribution in [2.24, 2.45) is 0 Å². The van der Waals surface area contributed by atoms with Crippen LogP contribution < -0.4 is 0 Å². The number of nitrogens with zero attached hydrogens (tertiary/aromatic N) is 3. The number of sulfonamides is 1. The second kappa shape index (κ2) is 6.18. The molecule has 0 radical (unpaired) electrons. The molecule has 0 aromatic rings. The van der Waals surface area contributed by atoms with Gasteiger partial charge in [0.05, 0.1) is 6.26 Å². The Kier molecular flexibility index (Phi) is 4.72. The Morgan fingerprint density at radius 2 is 1.67 bits per heavy atom. The summed E-state index contributed by atoms with van der Waals surface area (Å²) in [6, 6.07) is -1.06. The molecule has 0 saturated carbocycles. The van der Waals surface area contributed by atoms with Crippen molar-refractivity contribution >= 4 is 22.0 Å². The molecule has 1 N–H and O–H groups in total. The molecule has 0 unspecified atom stereocenters. The van der Waals surface area contributed by atoms with Crippen LogP contribution >= 0.6 is 0 Å². The van der Waals surface area contributed by atoms with Gasteiger partial charge in [-0.3, -0.25) is 0 Å². The van der Waals surface area contributed by atoms with Crippen LogP contribution in [0.4, 0.5) is 4.79 Å². The summed E-state index contributed by atoms with van der Waals surface area (Å²) < 4.78 is 24.2. The number of hydrogen-bond acceptors (Lipinski definition) is 4. The summed E-state index contributed by atoms with van der Waals surface area (Å²) in [5, 5.41) is 9.20. The van der Waals surface area contributed by atoms with E-state index in [9.17, 15) is 23.1 Å². The minimum absolute atomic E-state index is 0.260. The summed E-state index contributed by atoms with van der Waals surface area (Å²) in [6.07, 6.45) is 3.24. The number of carboxylic acid groups (broad SMARTS) is 1. The van der Waals surface area contributed by atoms with E-state index in [0.717, 1.165) is 19.1 Å². The van der Waals surface area contributed by atoms with Gasteiger partial charge in [0.2, 0.25) is 10.0 Å². The Labute approximate surface area is 124 Å². The molecule has 0 aromatic carbocycles. The van der Waals surface area contributed by atoms with E-state index in [0.29, 0.717) is 26.1 Å². The predicted octanol–water partition coefficient (Wildman–Crippen LogP) is -0.377. The predicted molar refractivity (Wildman–Crippen MR) is 75.4 cm³/mol. The second-order valence-electron chi connectivity index (χ2n) is 5.47. The van der Waals surface area contributed by atoms with Gasteiger partial charge >= 0.3 is 12.0 Å². The van der Waals surface area contributed by atoms with Crippen LogP contribution in [0.3, 0.4) is 0 Å². The molecule has 0 aliphatic carbocycles. The average Bonchev–Trinajstić information content (AvgIpc) is 2.45. The molecular formula is C12H21N3O5S. The first kappa shape index (κ1) is 16.0. The molecule has 0 aromatic heterocycles. The molecule has 2 amide bonds. The van der Waals surface area contributed by atoms with Gasteiger partial charge in [-0.15, -0.1) is 0 Å². The molecule has 2 heterocycles. The number of carboxylic acids is 1. The van der Waals surface area contributed by atoms with Crippen molar-refractivity contribution in [3.8, 4) is 0 Å². The Hall–Kier alpha value is -1.35. The quantitative estimate of drug-likeness (QED) is 0.748. The van der Waals surface area contributed by atoms with E-state index in [1.54, 1.807) is 4.90 Å². The zero-order valence-electron chi connectivity index (χ0n) is 12.1. The van der Waals surface area contributed by atoms with Crippen molar-refractivity contribution in [3.63, 3.8) is 0 Å². The monoisotopic (exact) mass is 319 g/mol. The summed E-state index contributed by atoms with van der Waals surface area (Å²) in [5.41, 5.74) is 0. The first-order chi connectivity index (χ1) is 9.80. The normalized spacial score (nSPS) is 24.9. The highest BCUT2D eigenvalue weighted by atomic mass is 32.2. The van der Waals surface area contributed by atoms with Crippen molar-refractivity contribution in [3.05, 3.63) is 0 Å². The fraction of sp³-hybridized carbons (Fsp3) is 0.833. The Balaban J connectivity index is 1.99. The SMILES string of the molecule is CS(=O)(=O)N1CCN(C(=O)N2CCCC[C@H]2C(=O)O)CC1. The van der Waals surface area contributed by atoms with Gasteiger partial charge in [0.25, 0.3) is 0 Å². The minimum Gasteiger partial charge on any atom is -0.480 e. The molecule has 2 aliphatic rings. The van der Waals surface area contributed by atoms with Gasteiger partial charge in [-0.2, -0.15) is 4.31 Å². The molecule has 21 heavy (non-hydrogen) atoms. The lowest BCUT2D eigenvalue weighted by Crippen LogP contribution is -2.57. The van der Waals surface area contributed by atoms with Gasteiger partial charge in [-0.1, -0.05) is 0 Å². The number of likely N-dealkylation sites (tertiary alicyclic amines) is 1. The summed E-state index contributed by atoms with van der Waals surface area (Å²) in [7, 11) is -3.24. The van der Waals surface area contributed by atoms with Gasteiger partial charge in [-0.25, -0.2) is 18.0 Å². The molecule has 2 fully saturated rings. The fourth-order valence-corrected chi connectivity index (χ4v) is 3.64. The summed E-state index contributed by atoms with van der Waals surface area (Å²) in [6.45, 7) is 1.57. The van der Waals surface area contributed by atoms with Crippen molar-refractivity contribution in [2.45, 2.75) is 25.3 Å². The summed E-state index contributed by atoms with van der Waals surface area (Å²) >= 11 is 0. The van der Waals surface area contributed by atoms with Crippen molar-refractivity contribution in [1.82, 2.24) is 14.1 Å².